The number of hydrogen-bond acceptors (Lipinski definition) is 6. The van der Waals surface area contributed by atoms with Crippen molar-refractivity contribution in [1.82, 2.24) is 20.1 Å². The second-order valence-corrected chi connectivity index (χ2v) is 5.98. The lowest BCUT2D eigenvalue weighted by atomic mass is 10.1. The average Bonchev–Trinajstić information content (AvgIpc) is 2.81. The molecule has 0 spiro atoms. The molecule has 0 aliphatic carbocycles. The Bertz CT molecular complexity index is 705. The molecule has 0 aromatic carbocycles. The van der Waals surface area contributed by atoms with Crippen LogP contribution in [-0.2, 0) is 4.74 Å². The molecular weight excluding hydrogens is 306 g/mol. The fraction of sp³-hybridized carbons (Fsp3) is 0.471. The summed E-state index contributed by atoms with van der Waals surface area (Å²) in [4.78, 5) is 16.0. The van der Waals surface area contributed by atoms with Gasteiger partial charge in [0.05, 0.1) is 42.0 Å². The zero-order valence-corrected chi connectivity index (χ0v) is 14.1. The number of carbonyl (C=O) groups excluding carboxylic acids is 1. The summed E-state index contributed by atoms with van der Waals surface area (Å²) >= 11 is 0. The van der Waals surface area contributed by atoms with Crippen molar-refractivity contribution in [3.63, 3.8) is 0 Å². The minimum Gasteiger partial charge on any atom is -0.465 e. The lowest BCUT2D eigenvalue weighted by Gasteiger charge is -2.14. The molecule has 0 bridgehead atoms. The summed E-state index contributed by atoms with van der Waals surface area (Å²) in [5.41, 5.74) is 2.85. The van der Waals surface area contributed by atoms with E-state index >= 15 is 0 Å². The van der Waals surface area contributed by atoms with Gasteiger partial charge in [-0.2, -0.15) is 5.10 Å². The predicted molar refractivity (Wildman–Crippen MR) is 91.6 cm³/mol. The number of rotatable bonds is 4. The van der Waals surface area contributed by atoms with Gasteiger partial charge in [0.25, 0.3) is 0 Å². The number of anilines is 2. The highest BCUT2D eigenvalue weighted by atomic mass is 16.5. The molecule has 1 fully saturated rings. The van der Waals surface area contributed by atoms with Crippen LogP contribution in [0.3, 0.4) is 0 Å². The van der Waals surface area contributed by atoms with Crippen LogP contribution < -0.4 is 10.6 Å². The van der Waals surface area contributed by atoms with E-state index in [0.29, 0.717) is 17.3 Å². The predicted octanol–water partition coefficient (Wildman–Crippen LogP) is 2.43. The molecule has 1 atom stereocenters. The van der Waals surface area contributed by atoms with Crippen molar-refractivity contribution >= 4 is 17.3 Å². The first-order valence-electron chi connectivity index (χ1n) is 8.25. The van der Waals surface area contributed by atoms with Gasteiger partial charge >= 0.3 is 5.97 Å². The van der Waals surface area contributed by atoms with Gasteiger partial charge < -0.3 is 15.4 Å². The molecule has 128 valence electrons. The zero-order valence-electron chi connectivity index (χ0n) is 14.1. The number of ether oxygens (including phenoxy) is 1. The van der Waals surface area contributed by atoms with Gasteiger partial charge in [0.2, 0.25) is 0 Å². The summed E-state index contributed by atoms with van der Waals surface area (Å²) in [5, 5.41) is 11.3. The van der Waals surface area contributed by atoms with E-state index in [9.17, 15) is 4.79 Å². The van der Waals surface area contributed by atoms with E-state index in [1.54, 1.807) is 18.5 Å². The maximum absolute atomic E-state index is 11.9. The Morgan fingerprint density at radius 2 is 2.25 bits per heavy atom. The van der Waals surface area contributed by atoms with E-state index < -0.39 is 0 Å². The maximum Gasteiger partial charge on any atom is 0.340 e. The van der Waals surface area contributed by atoms with E-state index in [-0.39, 0.29) is 5.97 Å². The number of aromatic nitrogens is 3. The quantitative estimate of drug-likeness (QED) is 0.839. The maximum atomic E-state index is 11.9. The van der Waals surface area contributed by atoms with E-state index in [1.807, 2.05) is 17.8 Å². The number of pyridine rings is 1. The number of methoxy groups -OCH3 is 1. The lowest BCUT2D eigenvalue weighted by Crippen LogP contribution is -2.15. The highest BCUT2D eigenvalue weighted by molar-refractivity contribution is 5.96. The third kappa shape index (κ3) is 3.56. The summed E-state index contributed by atoms with van der Waals surface area (Å²) < 4.78 is 6.87. The largest absolute Gasteiger partial charge is 0.465 e. The summed E-state index contributed by atoms with van der Waals surface area (Å²) in [5.74, 6) is -0.389. The summed E-state index contributed by atoms with van der Waals surface area (Å²) in [6, 6.07) is 2.05. The number of nitrogens with one attached hydrogen (secondary N) is 2. The third-order valence-corrected chi connectivity index (χ3v) is 4.33. The van der Waals surface area contributed by atoms with Crippen molar-refractivity contribution in [3.8, 4) is 0 Å². The van der Waals surface area contributed by atoms with Crippen molar-refractivity contribution in [1.29, 1.82) is 0 Å². The van der Waals surface area contributed by atoms with Crippen LogP contribution in [0.15, 0.2) is 24.7 Å². The van der Waals surface area contributed by atoms with E-state index in [0.717, 1.165) is 43.7 Å². The van der Waals surface area contributed by atoms with Gasteiger partial charge in [0, 0.05) is 12.4 Å². The molecule has 1 aliphatic rings. The fourth-order valence-corrected chi connectivity index (χ4v) is 2.98. The SMILES string of the molecule is COC(=O)c1ccncc1Nc1cn(C2CCCNCC2)nc1C. The Morgan fingerprint density at radius 3 is 3.08 bits per heavy atom. The van der Waals surface area contributed by atoms with Crippen molar-refractivity contribution in [2.24, 2.45) is 0 Å². The van der Waals surface area contributed by atoms with Gasteiger partial charge in [-0.1, -0.05) is 0 Å². The van der Waals surface area contributed by atoms with Gasteiger partial charge in [0.15, 0.2) is 0 Å². The number of carbonyl (C=O) groups is 1. The first-order valence-corrected chi connectivity index (χ1v) is 8.25. The molecule has 0 saturated carbocycles. The molecule has 0 radical (unpaired) electrons. The second-order valence-electron chi connectivity index (χ2n) is 5.98. The molecule has 3 heterocycles. The fourth-order valence-electron chi connectivity index (χ4n) is 2.98. The van der Waals surface area contributed by atoms with Crippen LogP contribution in [0, 0.1) is 6.92 Å². The molecule has 2 N–H and O–H groups in total. The number of hydrogen-bond donors (Lipinski definition) is 2. The van der Waals surface area contributed by atoms with Crippen LogP contribution in [0.2, 0.25) is 0 Å². The minimum atomic E-state index is -0.389. The van der Waals surface area contributed by atoms with Crippen LogP contribution in [-0.4, -0.2) is 40.9 Å². The van der Waals surface area contributed by atoms with Crippen molar-refractivity contribution in [2.45, 2.75) is 32.2 Å². The molecule has 1 unspecified atom stereocenters. The van der Waals surface area contributed by atoms with Gasteiger partial charge in [0.1, 0.15) is 0 Å². The molecule has 0 amide bonds. The normalized spacial score (nSPS) is 18.0. The highest BCUT2D eigenvalue weighted by Crippen LogP contribution is 2.26. The van der Waals surface area contributed by atoms with Gasteiger partial charge in [-0.05, 0) is 45.3 Å². The van der Waals surface area contributed by atoms with Crippen LogP contribution in [0.25, 0.3) is 0 Å². The molecule has 2 aromatic rings. The Morgan fingerprint density at radius 1 is 1.38 bits per heavy atom. The van der Waals surface area contributed by atoms with Crippen LogP contribution in [0.4, 0.5) is 11.4 Å². The standard InChI is InChI=1S/C17H23N5O2/c1-12-16(11-22(21-12)13-4-3-7-18-8-5-13)20-15-10-19-9-6-14(15)17(23)24-2/h6,9-11,13,18,20H,3-5,7-8H2,1-2H3. The minimum absolute atomic E-state index is 0.389. The molecule has 7 nitrogen and oxygen atoms in total. The molecular formula is C17H23N5O2. The van der Waals surface area contributed by atoms with E-state index in [4.69, 9.17) is 4.74 Å². The molecule has 2 aromatic heterocycles. The van der Waals surface area contributed by atoms with E-state index in [2.05, 4.69) is 20.7 Å². The summed E-state index contributed by atoms with van der Waals surface area (Å²) in [6.07, 6.45) is 8.56. The number of esters is 1. The van der Waals surface area contributed by atoms with Crippen LogP contribution in [0.5, 0.6) is 0 Å². The molecule has 3 rings (SSSR count). The van der Waals surface area contributed by atoms with E-state index in [1.165, 1.54) is 7.11 Å². The molecule has 1 saturated heterocycles. The average molecular weight is 329 g/mol. The first-order chi connectivity index (χ1) is 11.7. The number of aryl methyl sites for hydroxylation is 1. The first kappa shape index (κ1) is 16.4. The Kier molecular flexibility index (Phi) is 5.10. The Labute approximate surface area is 141 Å². The topological polar surface area (TPSA) is 81.1 Å². The second kappa shape index (κ2) is 7.44. The van der Waals surface area contributed by atoms with Gasteiger partial charge in [-0.15, -0.1) is 0 Å². The van der Waals surface area contributed by atoms with Crippen LogP contribution >= 0.6 is 0 Å². The van der Waals surface area contributed by atoms with Gasteiger partial charge in [-0.3, -0.25) is 9.67 Å². The molecule has 1 aliphatic heterocycles. The Hall–Kier alpha value is -2.41. The molecule has 7 heteroatoms. The smallest absolute Gasteiger partial charge is 0.340 e. The lowest BCUT2D eigenvalue weighted by molar-refractivity contribution is 0.0602. The zero-order chi connectivity index (χ0) is 16.9. The number of nitrogens with zero attached hydrogens (tertiary/aromatic N) is 3. The summed E-state index contributed by atoms with van der Waals surface area (Å²) in [6.45, 7) is 4.05. The van der Waals surface area contributed by atoms with Crippen molar-refractivity contribution < 1.29 is 9.53 Å². The van der Waals surface area contributed by atoms with Crippen molar-refractivity contribution in [3.05, 3.63) is 35.9 Å². The monoisotopic (exact) mass is 329 g/mol. The Balaban J connectivity index is 1.82. The van der Waals surface area contributed by atoms with Crippen molar-refractivity contribution in [2.75, 3.05) is 25.5 Å². The van der Waals surface area contributed by atoms with Gasteiger partial charge in [-0.25, -0.2) is 4.79 Å². The summed E-state index contributed by atoms with van der Waals surface area (Å²) in [7, 11) is 1.37. The third-order valence-electron chi connectivity index (χ3n) is 4.33. The van der Waals surface area contributed by atoms with Crippen LogP contribution in [0.1, 0.15) is 41.4 Å². The molecule has 24 heavy (non-hydrogen) atoms. The highest BCUT2D eigenvalue weighted by Gasteiger charge is 2.18.